The third kappa shape index (κ3) is 3.55. The van der Waals surface area contributed by atoms with Gasteiger partial charge < -0.3 is 19.8 Å². The summed E-state index contributed by atoms with van der Waals surface area (Å²) in [6, 6.07) is 7.17. The molecule has 0 saturated heterocycles. The van der Waals surface area contributed by atoms with Crippen molar-refractivity contribution in [3.8, 4) is 5.75 Å². The van der Waals surface area contributed by atoms with E-state index in [-0.39, 0.29) is 12.0 Å². The Hall–Kier alpha value is -3.35. The molecule has 28 heavy (non-hydrogen) atoms. The van der Waals surface area contributed by atoms with Gasteiger partial charge in [0.1, 0.15) is 17.0 Å². The van der Waals surface area contributed by atoms with Crippen molar-refractivity contribution in [1.29, 1.82) is 0 Å². The van der Waals surface area contributed by atoms with Crippen molar-refractivity contribution in [3.05, 3.63) is 53.0 Å². The highest BCUT2D eigenvalue weighted by molar-refractivity contribution is 6.10. The highest BCUT2D eigenvalue weighted by Gasteiger charge is 2.24. The standard InChI is InChI=1S/C21H23N3O4/c1-11(2)28-21(26)17-12(3)18(23-13(17)4)20(25)24-15-8-9-16(27-5)19-14(15)7-6-10-22-19/h6-11,23H,1-5H3,(H,24,25). The molecule has 0 unspecified atom stereocenters. The molecule has 1 amide bonds. The zero-order valence-corrected chi connectivity index (χ0v) is 16.5. The van der Waals surface area contributed by atoms with E-state index in [2.05, 4.69) is 15.3 Å². The largest absolute Gasteiger partial charge is 0.494 e. The van der Waals surface area contributed by atoms with Crippen LogP contribution in [-0.4, -0.2) is 35.1 Å². The van der Waals surface area contributed by atoms with Crippen LogP contribution in [0.2, 0.25) is 0 Å². The Balaban J connectivity index is 1.95. The van der Waals surface area contributed by atoms with E-state index in [0.29, 0.717) is 39.5 Å². The van der Waals surface area contributed by atoms with Crippen molar-refractivity contribution in [2.45, 2.75) is 33.8 Å². The first-order valence-electron chi connectivity index (χ1n) is 8.96. The maximum atomic E-state index is 12.9. The van der Waals surface area contributed by atoms with Gasteiger partial charge in [0.25, 0.3) is 5.91 Å². The minimum atomic E-state index is -0.445. The molecule has 3 rings (SSSR count). The highest BCUT2D eigenvalue weighted by atomic mass is 16.5. The van der Waals surface area contributed by atoms with Gasteiger partial charge in [0.2, 0.25) is 0 Å². The molecule has 0 fully saturated rings. The lowest BCUT2D eigenvalue weighted by molar-refractivity contribution is 0.0376. The lowest BCUT2D eigenvalue weighted by Gasteiger charge is -2.11. The molecule has 0 aliphatic rings. The number of methoxy groups -OCH3 is 1. The molecular weight excluding hydrogens is 358 g/mol. The van der Waals surface area contributed by atoms with E-state index in [0.717, 1.165) is 5.39 Å². The maximum Gasteiger partial charge on any atom is 0.340 e. The van der Waals surface area contributed by atoms with E-state index in [1.165, 1.54) is 0 Å². The fraction of sp³-hybridized carbons (Fsp3) is 0.286. The molecular formula is C21H23N3O4. The molecule has 2 heterocycles. The topological polar surface area (TPSA) is 93.3 Å². The summed E-state index contributed by atoms with van der Waals surface area (Å²) in [7, 11) is 1.57. The van der Waals surface area contributed by atoms with Crippen molar-refractivity contribution in [3.63, 3.8) is 0 Å². The molecule has 1 aromatic carbocycles. The van der Waals surface area contributed by atoms with Gasteiger partial charge in [-0.1, -0.05) is 0 Å². The quantitative estimate of drug-likeness (QED) is 0.652. The molecule has 2 N–H and O–H groups in total. The minimum absolute atomic E-state index is 0.239. The highest BCUT2D eigenvalue weighted by Crippen LogP contribution is 2.30. The number of carbonyl (C=O) groups excluding carboxylic acids is 2. The van der Waals surface area contributed by atoms with Crippen LogP contribution in [-0.2, 0) is 4.74 Å². The first kappa shape index (κ1) is 19.4. The number of aromatic nitrogens is 2. The van der Waals surface area contributed by atoms with E-state index < -0.39 is 5.97 Å². The minimum Gasteiger partial charge on any atom is -0.494 e. The first-order valence-corrected chi connectivity index (χ1v) is 8.96. The van der Waals surface area contributed by atoms with Crippen molar-refractivity contribution in [1.82, 2.24) is 9.97 Å². The third-order valence-electron chi connectivity index (χ3n) is 4.41. The fourth-order valence-corrected chi connectivity index (χ4v) is 3.16. The Morgan fingerprint density at radius 2 is 1.93 bits per heavy atom. The van der Waals surface area contributed by atoms with Crippen LogP contribution in [0.3, 0.4) is 0 Å². The van der Waals surface area contributed by atoms with E-state index >= 15 is 0 Å². The Morgan fingerprint density at radius 1 is 1.18 bits per heavy atom. The lowest BCUT2D eigenvalue weighted by Crippen LogP contribution is -2.15. The first-order chi connectivity index (χ1) is 13.3. The summed E-state index contributed by atoms with van der Waals surface area (Å²) < 4.78 is 10.6. The van der Waals surface area contributed by atoms with Gasteiger partial charge in [-0.25, -0.2) is 4.79 Å². The van der Waals surface area contributed by atoms with Gasteiger partial charge in [0.15, 0.2) is 0 Å². The second-order valence-corrected chi connectivity index (χ2v) is 6.75. The number of amides is 1. The number of H-pyrrole nitrogens is 1. The molecule has 0 atom stereocenters. The summed E-state index contributed by atoms with van der Waals surface area (Å²) in [4.78, 5) is 32.6. The summed E-state index contributed by atoms with van der Waals surface area (Å²) in [5.41, 5.74) is 3.11. The molecule has 2 aromatic heterocycles. The number of carbonyl (C=O) groups is 2. The average Bonchev–Trinajstić information content (AvgIpc) is 2.96. The van der Waals surface area contributed by atoms with E-state index in [1.54, 1.807) is 59.2 Å². The number of ether oxygens (including phenoxy) is 2. The van der Waals surface area contributed by atoms with Gasteiger partial charge in [-0.2, -0.15) is 0 Å². The van der Waals surface area contributed by atoms with Crippen LogP contribution in [0.5, 0.6) is 5.75 Å². The Bertz CT molecular complexity index is 1050. The zero-order valence-electron chi connectivity index (χ0n) is 16.5. The Kier molecular flexibility index (Phi) is 5.35. The predicted octanol–water partition coefficient (Wildman–Crippen LogP) is 4.01. The van der Waals surface area contributed by atoms with Crippen molar-refractivity contribution < 1.29 is 19.1 Å². The van der Waals surface area contributed by atoms with Crippen LogP contribution in [0, 0.1) is 13.8 Å². The van der Waals surface area contributed by atoms with E-state index in [4.69, 9.17) is 9.47 Å². The van der Waals surface area contributed by atoms with Gasteiger partial charge in [-0.05, 0) is 57.5 Å². The normalized spacial score (nSPS) is 10.9. The summed E-state index contributed by atoms with van der Waals surface area (Å²) in [6.07, 6.45) is 1.43. The number of esters is 1. The number of benzene rings is 1. The SMILES string of the molecule is COc1ccc(NC(=O)c2[nH]c(C)c(C(=O)OC(C)C)c2C)c2cccnc12. The molecule has 0 saturated carbocycles. The third-order valence-corrected chi connectivity index (χ3v) is 4.41. The lowest BCUT2D eigenvalue weighted by atomic mass is 10.1. The molecule has 146 valence electrons. The number of nitrogens with one attached hydrogen (secondary N) is 2. The Labute approximate surface area is 163 Å². The van der Waals surface area contributed by atoms with Gasteiger partial charge >= 0.3 is 5.97 Å². The fourth-order valence-electron chi connectivity index (χ4n) is 3.16. The zero-order chi connectivity index (χ0) is 20.4. The van der Waals surface area contributed by atoms with Crippen LogP contribution in [0.1, 0.15) is 46.0 Å². The van der Waals surface area contributed by atoms with Gasteiger partial charge in [-0.15, -0.1) is 0 Å². The van der Waals surface area contributed by atoms with E-state index in [9.17, 15) is 9.59 Å². The van der Waals surface area contributed by atoms with Crippen molar-refractivity contribution in [2.75, 3.05) is 12.4 Å². The predicted molar refractivity (Wildman–Crippen MR) is 107 cm³/mol. The number of hydrogen-bond acceptors (Lipinski definition) is 5. The number of nitrogens with zero attached hydrogens (tertiary/aromatic N) is 1. The second kappa shape index (κ2) is 7.72. The van der Waals surface area contributed by atoms with Crippen LogP contribution in [0.15, 0.2) is 30.5 Å². The van der Waals surface area contributed by atoms with Gasteiger partial charge in [-0.3, -0.25) is 9.78 Å². The van der Waals surface area contributed by atoms with E-state index in [1.807, 2.05) is 6.07 Å². The number of aromatic amines is 1. The number of anilines is 1. The molecule has 7 heteroatoms. The molecule has 0 aliphatic heterocycles. The molecule has 3 aromatic rings. The van der Waals surface area contributed by atoms with Crippen molar-refractivity contribution in [2.24, 2.45) is 0 Å². The number of fused-ring (bicyclic) bond motifs is 1. The summed E-state index contributed by atoms with van der Waals surface area (Å²) in [5.74, 6) is -0.168. The summed E-state index contributed by atoms with van der Waals surface area (Å²) in [6.45, 7) is 7.04. The van der Waals surface area contributed by atoms with Gasteiger partial charge in [0, 0.05) is 17.3 Å². The monoisotopic (exact) mass is 381 g/mol. The number of hydrogen-bond donors (Lipinski definition) is 2. The van der Waals surface area contributed by atoms with Gasteiger partial charge in [0.05, 0.1) is 24.5 Å². The molecule has 7 nitrogen and oxygen atoms in total. The molecule has 0 aliphatic carbocycles. The smallest absolute Gasteiger partial charge is 0.340 e. The summed E-state index contributed by atoms with van der Waals surface area (Å²) in [5, 5.41) is 3.66. The van der Waals surface area contributed by atoms with Crippen LogP contribution in [0.4, 0.5) is 5.69 Å². The summed E-state index contributed by atoms with van der Waals surface area (Å²) >= 11 is 0. The van der Waals surface area contributed by atoms with Crippen LogP contribution in [0.25, 0.3) is 10.9 Å². The average molecular weight is 381 g/mol. The van der Waals surface area contributed by atoms with Crippen LogP contribution >= 0.6 is 0 Å². The number of rotatable bonds is 5. The molecule has 0 radical (unpaired) electrons. The molecule has 0 bridgehead atoms. The van der Waals surface area contributed by atoms with Crippen LogP contribution < -0.4 is 10.1 Å². The van der Waals surface area contributed by atoms with Crippen molar-refractivity contribution >= 4 is 28.5 Å². The second-order valence-electron chi connectivity index (χ2n) is 6.75. The number of aryl methyl sites for hydroxylation is 1. The maximum absolute atomic E-state index is 12.9. The number of pyridine rings is 1. The Morgan fingerprint density at radius 3 is 2.61 bits per heavy atom. The molecule has 0 spiro atoms.